The SMILES string of the molecule is CC(C)CC(O)CNC(=O)NCCc1ccccc1F. The maximum absolute atomic E-state index is 13.3. The van der Waals surface area contributed by atoms with E-state index >= 15 is 0 Å². The molecule has 112 valence electrons. The molecule has 0 aliphatic heterocycles. The fourth-order valence-electron chi connectivity index (χ4n) is 1.91. The van der Waals surface area contributed by atoms with E-state index in [-0.39, 0.29) is 18.4 Å². The minimum atomic E-state index is -0.535. The van der Waals surface area contributed by atoms with Gasteiger partial charge in [-0.25, -0.2) is 9.18 Å². The van der Waals surface area contributed by atoms with E-state index in [1.54, 1.807) is 18.2 Å². The number of urea groups is 1. The highest BCUT2D eigenvalue weighted by Crippen LogP contribution is 2.06. The minimum Gasteiger partial charge on any atom is -0.391 e. The first kappa shape index (κ1) is 16.4. The zero-order chi connectivity index (χ0) is 15.0. The molecule has 3 N–H and O–H groups in total. The monoisotopic (exact) mass is 282 g/mol. The van der Waals surface area contributed by atoms with Crippen LogP contribution < -0.4 is 10.6 Å². The second kappa shape index (κ2) is 8.53. The Kier molecular flexibility index (Phi) is 7.01. The molecule has 0 saturated heterocycles. The molecule has 0 bridgehead atoms. The molecule has 4 nitrogen and oxygen atoms in total. The van der Waals surface area contributed by atoms with E-state index in [1.165, 1.54) is 6.07 Å². The molecule has 20 heavy (non-hydrogen) atoms. The van der Waals surface area contributed by atoms with E-state index in [4.69, 9.17) is 0 Å². The second-order valence-corrected chi connectivity index (χ2v) is 5.26. The molecule has 1 unspecified atom stereocenters. The Bertz CT molecular complexity index is 424. The number of benzene rings is 1. The first-order valence-corrected chi connectivity index (χ1v) is 6.92. The lowest BCUT2D eigenvalue weighted by Gasteiger charge is -2.14. The smallest absolute Gasteiger partial charge is 0.314 e. The second-order valence-electron chi connectivity index (χ2n) is 5.26. The van der Waals surface area contributed by atoms with E-state index in [9.17, 15) is 14.3 Å². The summed E-state index contributed by atoms with van der Waals surface area (Å²) in [6.07, 6.45) is 0.553. The summed E-state index contributed by atoms with van der Waals surface area (Å²) < 4.78 is 13.3. The van der Waals surface area contributed by atoms with Crippen LogP contribution in [-0.4, -0.2) is 30.3 Å². The van der Waals surface area contributed by atoms with E-state index in [0.29, 0.717) is 30.9 Å². The summed E-state index contributed by atoms with van der Waals surface area (Å²) in [6.45, 7) is 4.60. The number of nitrogens with one attached hydrogen (secondary N) is 2. The van der Waals surface area contributed by atoms with Gasteiger partial charge in [0.1, 0.15) is 5.82 Å². The van der Waals surface area contributed by atoms with Crippen LogP contribution in [0.25, 0.3) is 0 Å². The van der Waals surface area contributed by atoms with E-state index in [0.717, 1.165) is 0 Å². The molecular weight excluding hydrogens is 259 g/mol. The summed E-state index contributed by atoms with van der Waals surface area (Å²) >= 11 is 0. The molecule has 5 heteroatoms. The van der Waals surface area contributed by atoms with Crippen LogP contribution >= 0.6 is 0 Å². The predicted molar refractivity (Wildman–Crippen MR) is 77.0 cm³/mol. The number of carbonyl (C=O) groups is 1. The van der Waals surface area contributed by atoms with E-state index in [2.05, 4.69) is 10.6 Å². The molecule has 1 aromatic rings. The molecule has 0 radical (unpaired) electrons. The lowest BCUT2D eigenvalue weighted by atomic mass is 10.1. The quantitative estimate of drug-likeness (QED) is 0.717. The summed E-state index contributed by atoms with van der Waals surface area (Å²) in [5.41, 5.74) is 0.577. The van der Waals surface area contributed by atoms with Crippen LogP contribution in [0.15, 0.2) is 24.3 Å². The van der Waals surface area contributed by atoms with Crippen molar-refractivity contribution in [2.24, 2.45) is 5.92 Å². The van der Waals surface area contributed by atoms with Gasteiger partial charge in [-0.15, -0.1) is 0 Å². The highest BCUT2D eigenvalue weighted by molar-refractivity contribution is 5.73. The van der Waals surface area contributed by atoms with Crippen LogP contribution in [-0.2, 0) is 6.42 Å². The van der Waals surface area contributed by atoms with Gasteiger partial charge in [0.25, 0.3) is 0 Å². The Balaban J connectivity index is 2.19. The Labute approximate surface area is 119 Å². The average molecular weight is 282 g/mol. The molecule has 1 atom stereocenters. The Morgan fingerprint density at radius 1 is 1.30 bits per heavy atom. The van der Waals surface area contributed by atoms with Crippen molar-refractivity contribution in [3.05, 3.63) is 35.6 Å². The van der Waals surface area contributed by atoms with Crippen molar-refractivity contribution in [2.75, 3.05) is 13.1 Å². The van der Waals surface area contributed by atoms with Gasteiger partial charge < -0.3 is 15.7 Å². The van der Waals surface area contributed by atoms with Gasteiger partial charge in [0.15, 0.2) is 0 Å². The van der Waals surface area contributed by atoms with Gasteiger partial charge in [-0.05, 0) is 30.4 Å². The number of aliphatic hydroxyl groups excluding tert-OH is 1. The third-order valence-electron chi connectivity index (χ3n) is 2.88. The van der Waals surface area contributed by atoms with Gasteiger partial charge >= 0.3 is 6.03 Å². The molecule has 0 spiro atoms. The minimum absolute atomic E-state index is 0.226. The fourth-order valence-corrected chi connectivity index (χ4v) is 1.91. The van der Waals surface area contributed by atoms with Gasteiger partial charge in [0.05, 0.1) is 6.10 Å². The van der Waals surface area contributed by atoms with Gasteiger partial charge in [-0.3, -0.25) is 0 Å². The molecule has 0 saturated carbocycles. The van der Waals surface area contributed by atoms with Crippen molar-refractivity contribution in [3.63, 3.8) is 0 Å². The van der Waals surface area contributed by atoms with Crippen molar-refractivity contribution in [2.45, 2.75) is 32.8 Å². The first-order valence-electron chi connectivity index (χ1n) is 6.92. The van der Waals surface area contributed by atoms with Crippen LogP contribution in [0.4, 0.5) is 9.18 Å². The molecule has 2 amide bonds. The lowest BCUT2D eigenvalue weighted by Crippen LogP contribution is -2.40. The van der Waals surface area contributed by atoms with Crippen LogP contribution in [0.3, 0.4) is 0 Å². The maximum atomic E-state index is 13.3. The Hall–Kier alpha value is -1.62. The van der Waals surface area contributed by atoms with E-state index < -0.39 is 6.10 Å². The van der Waals surface area contributed by atoms with Crippen molar-refractivity contribution >= 4 is 6.03 Å². The lowest BCUT2D eigenvalue weighted by molar-refractivity contribution is 0.147. The third-order valence-corrected chi connectivity index (χ3v) is 2.88. The number of rotatable bonds is 7. The van der Waals surface area contributed by atoms with Crippen LogP contribution in [0.5, 0.6) is 0 Å². The molecule has 0 aliphatic carbocycles. The van der Waals surface area contributed by atoms with Gasteiger partial charge in [0, 0.05) is 13.1 Å². The van der Waals surface area contributed by atoms with Crippen molar-refractivity contribution in [1.82, 2.24) is 10.6 Å². The van der Waals surface area contributed by atoms with Crippen LogP contribution in [0, 0.1) is 11.7 Å². The standard InChI is InChI=1S/C15H23FN2O2/c1-11(2)9-13(19)10-18-15(20)17-8-7-12-5-3-4-6-14(12)16/h3-6,11,13,19H,7-10H2,1-2H3,(H2,17,18,20). The maximum Gasteiger partial charge on any atom is 0.314 e. The van der Waals surface area contributed by atoms with Crippen molar-refractivity contribution in [1.29, 1.82) is 0 Å². The number of hydrogen-bond acceptors (Lipinski definition) is 2. The van der Waals surface area contributed by atoms with Gasteiger partial charge in [0.2, 0.25) is 0 Å². The first-order chi connectivity index (χ1) is 9.49. The zero-order valence-electron chi connectivity index (χ0n) is 12.0. The third kappa shape index (κ3) is 6.52. The number of hydrogen-bond donors (Lipinski definition) is 3. The van der Waals surface area contributed by atoms with Gasteiger partial charge in [-0.2, -0.15) is 0 Å². The molecule has 0 fully saturated rings. The van der Waals surface area contributed by atoms with Gasteiger partial charge in [-0.1, -0.05) is 32.0 Å². The number of amides is 2. The fraction of sp³-hybridized carbons (Fsp3) is 0.533. The number of aliphatic hydroxyl groups is 1. The predicted octanol–water partition coefficient (Wildman–Crippen LogP) is 2.07. The van der Waals surface area contributed by atoms with Crippen LogP contribution in [0.2, 0.25) is 0 Å². The molecular formula is C15H23FN2O2. The summed E-state index contributed by atoms with van der Waals surface area (Å²) in [5.74, 6) is 0.123. The number of carbonyl (C=O) groups excluding carboxylic acids is 1. The Morgan fingerprint density at radius 3 is 2.65 bits per heavy atom. The topological polar surface area (TPSA) is 61.4 Å². The van der Waals surface area contributed by atoms with Crippen molar-refractivity contribution < 1.29 is 14.3 Å². The summed E-state index contributed by atoms with van der Waals surface area (Å²) in [5, 5.41) is 14.9. The molecule has 1 rings (SSSR count). The number of halogens is 1. The Morgan fingerprint density at radius 2 is 2.00 bits per heavy atom. The highest BCUT2D eigenvalue weighted by atomic mass is 19.1. The normalized spacial score (nSPS) is 12.2. The summed E-state index contributed by atoms with van der Waals surface area (Å²) in [7, 11) is 0. The molecule has 0 aromatic heterocycles. The van der Waals surface area contributed by atoms with Crippen molar-refractivity contribution in [3.8, 4) is 0 Å². The van der Waals surface area contributed by atoms with E-state index in [1.807, 2.05) is 13.8 Å². The average Bonchev–Trinajstić information content (AvgIpc) is 2.38. The summed E-state index contributed by atoms with van der Waals surface area (Å²) in [6, 6.07) is 6.15. The molecule has 0 heterocycles. The molecule has 0 aliphatic rings. The van der Waals surface area contributed by atoms with Crippen LogP contribution in [0.1, 0.15) is 25.8 Å². The highest BCUT2D eigenvalue weighted by Gasteiger charge is 2.08. The zero-order valence-corrected chi connectivity index (χ0v) is 12.0. The summed E-state index contributed by atoms with van der Waals surface area (Å²) in [4.78, 5) is 11.5. The molecule has 1 aromatic carbocycles. The largest absolute Gasteiger partial charge is 0.391 e.